The average Bonchev–Trinajstić information content (AvgIpc) is 3.20. The fourth-order valence-corrected chi connectivity index (χ4v) is 2.83. The number of imide groups is 1. The van der Waals surface area contributed by atoms with Crippen LogP contribution in [0.1, 0.15) is 31.2 Å². The van der Waals surface area contributed by atoms with Crippen molar-refractivity contribution >= 4 is 28.7 Å². The summed E-state index contributed by atoms with van der Waals surface area (Å²) in [4.78, 5) is 44.4. The second kappa shape index (κ2) is 5.69. The summed E-state index contributed by atoms with van der Waals surface area (Å²) >= 11 is 0. The number of hydroxylamine groups is 2. The van der Waals surface area contributed by atoms with Crippen LogP contribution in [0.4, 0.5) is 4.39 Å². The van der Waals surface area contributed by atoms with Gasteiger partial charge in [0.1, 0.15) is 17.3 Å². The number of rotatable bonds is 3. The zero-order chi connectivity index (χ0) is 18.4. The van der Waals surface area contributed by atoms with Crippen LogP contribution in [0.3, 0.4) is 0 Å². The number of aromatic amines is 1. The highest BCUT2D eigenvalue weighted by molar-refractivity contribution is 6.21. The third-order valence-electron chi connectivity index (χ3n) is 4.07. The van der Waals surface area contributed by atoms with Gasteiger partial charge in [0.25, 0.3) is 11.8 Å². The standard InChI is InChI=1S/C18H11FN2O5/c1-25-14-7-6-12(19)15-11(14)8-13(20-15)18(24)26-21-16(22)9-4-2-3-5-10(9)17(21)23/h2-8,20H,1H3. The van der Waals surface area contributed by atoms with Gasteiger partial charge in [-0.1, -0.05) is 17.2 Å². The molecule has 0 atom stereocenters. The summed E-state index contributed by atoms with van der Waals surface area (Å²) in [6.07, 6.45) is 0. The first-order chi connectivity index (χ1) is 12.5. The van der Waals surface area contributed by atoms with Gasteiger partial charge in [-0.3, -0.25) is 9.59 Å². The van der Waals surface area contributed by atoms with Crippen LogP contribution < -0.4 is 4.74 Å². The molecule has 2 amide bonds. The number of methoxy groups -OCH3 is 1. The molecule has 0 radical (unpaired) electrons. The Morgan fingerprint density at radius 3 is 2.35 bits per heavy atom. The third-order valence-corrected chi connectivity index (χ3v) is 4.07. The number of carbonyl (C=O) groups excluding carboxylic acids is 3. The van der Waals surface area contributed by atoms with Crippen LogP contribution in [0.25, 0.3) is 10.9 Å². The number of H-pyrrole nitrogens is 1. The number of hydrogen-bond donors (Lipinski definition) is 1. The van der Waals surface area contributed by atoms with Crippen molar-refractivity contribution in [2.24, 2.45) is 0 Å². The number of carbonyl (C=O) groups is 3. The fourth-order valence-electron chi connectivity index (χ4n) is 2.83. The van der Waals surface area contributed by atoms with Crippen molar-refractivity contribution in [3.05, 3.63) is 65.1 Å². The number of aromatic nitrogens is 1. The molecule has 0 bridgehead atoms. The number of nitrogens with one attached hydrogen (secondary N) is 1. The molecule has 1 aliphatic rings. The Labute approximate surface area is 145 Å². The topological polar surface area (TPSA) is 88.7 Å². The van der Waals surface area contributed by atoms with E-state index in [2.05, 4.69) is 4.98 Å². The minimum absolute atomic E-state index is 0.0543. The van der Waals surface area contributed by atoms with Crippen molar-refractivity contribution in [3.8, 4) is 5.75 Å². The maximum Gasteiger partial charge on any atom is 0.380 e. The summed E-state index contributed by atoms with van der Waals surface area (Å²) in [6, 6.07) is 10.1. The maximum absolute atomic E-state index is 13.9. The van der Waals surface area contributed by atoms with Gasteiger partial charge >= 0.3 is 5.97 Å². The van der Waals surface area contributed by atoms with Crippen molar-refractivity contribution in [1.29, 1.82) is 0 Å². The van der Waals surface area contributed by atoms with Crippen LogP contribution in [0.2, 0.25) is 0 Å². The minimum atomic E-state index is -1.00. The molecule has 0 aliphatic carbocycles. The number of hydrogen-bond acceptors (Lipinski definition) is 5. The summed E-state index contributed by atoms with van der Waals surface area (Å²) in [7, 11) is 1.41. The van der Waals surface area contributed by atoms with Crippen LogP contribution in [0.5, 0.6) is 5.75 Å². The lowest BCUT2D eigenvalue weighted by atomic mass is 10.1. The number of halogens is 1. The van der Waals surface area contributed by atoms with E-state index in [0.717, 1.165) is 0 Å². The molecule has 3 aromatic rings. The van der Waals surface area contributed by atoms with Crippen LogP contribution in [0.15, 0.2) is 42.5 Å². The number of amides is 2. The van der Waals surface area contributed by atoms with Gasteiger partial charge in [-0.15, -0.1) is 0 Å². The molecule has 1 aromatic heterocycles. The van der Waals surface area contributed by atoms with E-state index < -0.39 is 23.6 Å². The van der Waals surface area contributed by atoms with E-state index in [4.69, 9.17) is 9.57 Å². The molecule has 0 unspecified atom stereocenters. The van der Waals surface area contributed by atoms with Gasteiger partial charge in [0, 0.05) is 5.39 Å². The molecule has 26 heavy (non-hydrogen) atoms. The number of nitrogens with zero attached hydrogens (tertiary/aromatic N) is 1. The van der Waals surface area contributed by atoms with E-state index >= 15 is 0 Å². The SMILES string of the molecule is COc1ccc(F)c2[nH]c(C(=O)ON3C(=O)c4ccccc4C3=O)cc12. The molecule has 2 heterocycles. The molecule has 0 saturated heterocycles. The number of ether oxygens (including phenoxy) is 1. The van der Waals surface area contributed by atoms with E-state index in [0.29, 0.717) is 16.2 Å². The Kier molecular flexibility index (Phi) is 3.47. The number of fused-ring (bicyclic) bond motifs is 2. The van der Waals surface area contributed by atoms with Crippen LogP contribution in [-0.4, -0.2) is 34.9 Å². The molecule has 0 spiro atoms. The first-order valence-electron chi connectivity index (χ1n) is 7.56. The Hall–Kier alpha value is -3.68. The molecule has 7 nitrogen and oxygen atoms in total. The molecule has 1 aliphatic heterocycles. The first-order valence-corrected chi connectivity index (χ1v) is 7.56. The number of benzene rings is 2. The van der Waals surface area contributed by atoms with Gasteiger partial charge < -0.3 is 14.6 Å². The van der Waals surface area contributed by atoms with Crippen LogP contribution in [0, 0.1) is 5.82 Å². The highest BCUT2D eigenvalue weighted by atomic mass is 19.1. The van der Waals surface area contributed by atoms with E-state index in [1.54, 1.807) is 12.1 Å². The normalized spacial score (nSPS) is 13.2. The van der Waals surface area contributed by atoms with Crippen LogP contribution >= 0.6 is 0 Å². The monoisotopic (exact) mass is 354 g/mol. The first kappa shape index (κ1) is 15.8. The van der Waals surface area contributed by atoms with E-state index in [1.807, 2.05) is 0 Å². The predicted octanol–water partition coefficient (Wildman–Crippen LogP) is 2.68. The Balaban J connectivity index is 1.66. The lowest BCUT2D eigenvalue weighted by Gasteiger charge is -2.11. The molecule has 130 valence electrons. The summed E-state index contributed by atoms with van der Waals surface area (Å²) in [6.45, 7) is 0. The van der Waals surface area contributed by atoms with Crippen molar-refractivity contribution < 1.29 is 28.3 Å². The smallest absolute Gasteiger partial charge is 0.380 e. The van der Waals surface area contributed by atoms with Gasteiger partial charge in [0.15, 0.2) is 0 Å². The zero-order valence-electron chi connectivity index (χ0n) is 13.4. The maximum atomic E-state index is 13.9. The van der Waals surface area contributed by atoms with Gasteiger partial charge in [-0.25, -0.2) is 9.18 Å². The van der Waals surface area contributed by atoms with Gasteiger partial charge in [0.05, 0.1) is 23.8 Å². The minimum Gasteiger partial charge on any atom is -0.496 e. The van der Waals surface area contributed by atoms with Crippen LogP contribution in [-0.2, 0) is 4.84 Å². The summed E-state index contributed by atoms with van der Waals surface area (Å²) in [5, 5.41) is 0.730. The van der Waals surface area contributed by atoms with Gasteiger partial charge in [-0.05, 0) is 30.3 Å². The fraction of sp³-hybridized carbons (Fsp3) is 0.0556. The molecule has 4 rings (SSSR count). The van der Waals surface area contributed by atoms with Gasteiger partial charge in [0.2, 0.25) is 0 Å². The molecule has 0 fully saturated rings. The lowest BCUT2D eigenvalue weighted by molar-refractivity contribution is -0.0587. The Morgan fingerprint density at radius 2 is 1.73 bits per heavy atom. The van der Waals surface area contributed by atoms with Crippen molar-refractivity contribution in [3.63, 3.8) is 0 Å². The molecule has 8 heteroatoms. The van der Waals surface area contributed by atoms with E-state index in [1.165, 1.54) is 37.4 Å². The van der Waals surface area contributed by atoms with E-state index in [9.17, 15) is 18.8 Å². The Bertz CT molecular complexity index is 1050. The van der Waals surface area contributed by atoms with Crippen molar-refractivity contribution in [2.75, 3.05) is 7.11 Å². The third kappa shape index (κ3) is 2.23. The highest BCUT2D eigenvalue weighted by Crippen LogP contribution is 2.29. The van der Waals surface area contributed by atoms with Gasteiger partial charge in [-0.2, -0.15) is 0 Å². The van der Waals surface area contributed by atoms with Crippen molar-refractivity contribution in [1.82, 2.24) is 10.0 Å². The molecular formula is C18H11FN2O5. The second-order valence-electron chi connectivity index (χ2n) is 5.55. The summed E-state index contributed by atoms with van der Waals surface area (Å²) in [5.74, 6) is -2.70. The van der Waals surface area contributed by atoms with E-state index in [-0.39, 0.29) is 22.3 Å². The second-order valence-corrected chi connectivity index (χ2v) is 5.55. The zero-order valence-corrected chi connectivity index (χ0v) is 13.4. The lowest BCUT2D eigenvalue weighted by Crippen LogP contribution is -2.32. The van der Waals surface area contributed by atoms with Crippen molar-refractivity contribution in [2.45, 2.75) is 0 Å². The molecular weight excluding hydrogens is 343 g/mol. The quantitative estimate of drug-likeness (QED) is 0.731. The Morgan fingerprint density at radius 1 is 1.08 bits per heavy atom. The largest absolute Gasteiger partial charge is 0.496 e. The highest BCUT2D eigenvalue weighted by Gasteiger charge is 2.39. The predicted molar refractivity (Wildman–Crippen MR) is 87.2 cm³/mol. The summed E-state index contributed by atoms with van der Waals surface area (Å²) < 4.78 is 19.1. The summed E-state index contributed by atoms with van der Waals surface area (Å²) in [5.41, 5.74) is 0.225. The molecule has 0 saturated carbocycles. The average molecular weight is 354 g/mol. The molecule has 2 aromatic carbocycles. The molecule has 1 N–H and O–H groups in total.